The molecule has 4 N–H and O–H groups in total. The maximum absolute atomic E-state index is 11.4. The molecule has 19 heavy (non-hydrogen) atoms. The SMILES string of the molecule is CCCCOCCCNC(=O)NC(C(=O)O)C(C)O. The van der Waals surface area contributed by atoms with E-state index >= 15 is 0 Å². The van der Waals surface area contributed by atoms with Gasteiger partial charge in [-0.3, -0.25) is 0 Å². The number of carbonyl (C=O) groups is 2. The van der Waals surface area contributed by atoms with E-state index < -0.39 is 24.1 Å². The molecule has 0 aromatic rings. The van der Waals surface area contributed by atoms with Gasteiger partial charge in [0.1, 0.15) is 0 Å². The number of amides is 2. The van der Waals surface area contributed by atoms with Gasteiger partial charge in [0, 0.05) is 19.8 Å². The lowest BCUT2D eigenvalue weighted by atomic mass is 10.2. The number of unbranched alkanes of at least 4 members (excludes halogenated alkanes) is 1. The van der Waals surface area contributed by atoms with Crippen molar-refractivity contribution in [2.24, 2.45) is 0 Å². The van der Waals surface area contributed by atoms with Crippen LogP contribution in [-0.2, 0) is 9.53 Å². The second-order valence-corrected chi connectivity index (χ2v) is 4.28. The van der Waals surface area contributed by atoms with Gasteiger partial charge in [-0.15, -0.1) is 0 Å². The van der Waals surface area contributed by atoms with Crippen molar-refractivity contribution in [1.82, 2.24) is 10.6 Å². The lowest BCUT2D eigenvalue weighted by Crippen LogP contribution is -2.51. The maximum atomic E-state index is 11.4. The third-order valence-electron chi connectivity index (χ3n) is 2.43. The summed E-state index contributed by atoms with van der Waals surface area (Å²) in [7, 11) is 0. The van der Waals surface area contributed by atoms with Gasteiger partial charge in [0.05, 0.1) is 6.10 Å². The van der Waals surface area contributed by atoms with Gasteiger partial charge in [-0.1, -0.05) is 13.3 Å². The summed E-state index contributed by atoms with van der Waals surface area (Å²) in [5.74, 6) is -1.27. The lowest BCUT2D eigenvalue weighted by molar-refractivity contribution is -0.141. The highest BCUT2D eigenvalue weighted by Crippen LogP contribution is 1.93. The van der Waals surface area contributed by atoms with E-state index in [1.54, 1.807) is 0 Å². The molecule has 0 aliphatic carbocycles. The molecule has 112 valence electrons. The van der Waals surface area contributed by atoms with Gasteiger partial charge in [-0.05, 0) is 19.8 Å². The van der Waals surface area contributed by atoms with Crippen LogP contribution < -0.4 is 10.6 Å². The largest absolute Gasteiger partial charge is 0.480 e. The highest BCUT2D eigenvalue weighted by atomic mass is 16.5. The molecule has 2 atom stereocenters. The number of aliphatic carboxylic acids is 1. The molecular formula is C12H24N2O5. The first-order valence-corrected chi connectivity index (χ1v) is 6.52. The molecule has 7 heteroatoms. The zero-order chi connectivity index (χ0) is 14.7. The van der Waals surface area contributed by atoms with Gasteiger partial charge in [0.2, 0.25) is 0 Å². The number of carboxylic acid groups (broad SMARTS) is 1. The number of rotatable bonds is 10. The molecule has 0 radical (unpaired) electrons. The zero-order valence-electron chi connectivity index (χ0n) is 11.5. The number of nitrogens with one attached hydrogen (secondary N) is 2. The Morgan fingerprint density at radius 3 is 2.42 bits per heavy atom. The lowest BCUT2D eigenvalue weighted by Gasteiger charge is -2.17. The van der Waals surface area contributed by atoms with Gasteiger partial charge in [0.25, 0.3) is 0 Å². The van der Waals surface area contributed by atoms with Gasteiger partial charge < -0.3 is 25.6 Å². The molecule has 0 aliphatic heterocycles. The Morgan fingerprint density at radius 1 is 1.26 bits per heavy atom. The summed E-state index contributed by atoms with van der Waals surface area (Å²) < 4.78 is 5.31. The first-order chi connectivity index (χ1) is 8.99. The number of ether oxygens (including phenoxy) is 1. The van der Waals surface area contributed by atoms with E-state index in [0.717, 1.165) is 12.8 Å². The minimum atomic E-state index is -1.30. The smallest absolute Gasteiger partial charge is 0.328 e. The Balaban J connectivity index is 3.66. The van der Waals surface area contributed by atoms with Crippen LogP contribution in [0.5, 0.6) is 0 Å². The minimum absolute atomic E-state index is 0.393. The van der Waals surface area contributed by atoms with Crippen LogP contribution in [0.15, 0.2) is 0 Å². The molecule has 0 aromatic heterocycles. The van der Waals surface area contributed by atoms with Crippen molar-refractivity contribution in [3.8, 4) is 0 Å². The van der Waals surface area contributed by atoms with Crippen molar-refractivity contribution < 1.29 is 24.5 Å². The number of carbonyl (C=O) groups excluding carboxylic acids is 1. The van der Waals surface area contributed by atoms with Gasteiger partial charge >= 0.3 is 12.0 Å². The quantitative estimate of drug-likeness (QED) is 0.430. The van der Waals surface area contributed by atoms with E-state index in [0.29, 0.717) is 26.2 Å². The van der Waals surface area contributed by atoms with Crippen LogP contribution in [0.25, 0.3) is 0 Å². The number of hydrogen-bond donors (Lipinski definition) is 4. The molecule has 0 spiro atoms. The standard InChI is InChI=1S/C12H24N2O5/c1-3-4-7-19-8-5-6-13-12(18)14-10(9(2)15)11(16)17/h9-10,15H,3-8H2,1-2H3,(H,16,17)(H2,13,14,18). The monoisotopic (exact) mass is 276 g/mol. The first-order valence-electron chi connectivity index (χ1n) is 6.52. The summed E-state index contributed by atoms with van der Waals surface area (Å²) in [5, 5.41) is 22.6. The van der Waals surface area contributed by atoms with E-state index in [1.165, 1.54) is 6.92 Å². The van der Waals surface area contributed by atoms with Gasteiger partial charge in [-0.25, -0.2) is 9.59 Å². The van der Waals surface area contributed by atoms with Gasteiger partial charge in [0.15, 0.2) is 6.04 Å². The van der Waals surface area contributed by atoms with Crippen molar-refractivity contribution in [2.75, 3.05) is 19.8 Å². The molecule has 0 saturated heterocycles. The number of aliphatic hydroxyl groups is 1. The van der Waals surface area contributed by atoms with Crippen LogP contribution >= 0.6 is 0 Å². The summed E-state index contributed by atoms with van der Waals surface area (Å²) in [5.41, 5.74) is 0. The van der Waals surface area contributed by atoms with Crippen LogP contribution in [0.4, 0.5) is 4.79 Å². The summed E-state index contributed by atoms with van der Waals surface area (Å²) >= 11 is 0. The van der Waals surface area contributed by atoms with Crippen molar-refractivity contribution in [2.45, 2.75) is 45.3 Å². The number of urea groups is 1. The molecule has 0 saturated carbocycles. The second-order valence-electron chi connectivity index (χ2n) is 4.28. The minimum Gasteiger partial charge on any atom is -0.480 e. The molecule has 2 amide bonds. The molecule has 0 rings (SSSR count). The predicted octanol–water partition coefficient (Wildman–Crippen LogP) is 0.326. The Morgan fingerprint density at radius 2 is 1.89 bits per heavy atom. The third-order valence-corrected chi connectivity index (χ3v) is 2.43. The van der Waals surface area contributed by atoms with Crippen molar-refractivity contribution >= 4 is 12.0 Å². The molecule has 0 aliphatic rings. The van der Waals surface area contributed by atoms with Crippen LogP contribution in [-0.4, -0.2) is 54.1 Å². The molecule has 7 nitrogen and oxygen atoms in total. The fourth-order valence-corrected chi connectivity index (χ4v) is 1.31. The van der Waals surface area contributed by atoms with E-state index in [4.69, 9.17) is 9.84 Å². The average Bonchev–Trinajstić information content (AvgIpc) is 2.34. The Bertz CT molecular complexity index is 271. The molecule has 0 bridgehead atoms. The van der Waals surface area contributed by atoms with E-state index in [1.807, 2.05) is 0 Å². The highest BCUT2D eigenvalue weighted by Gasteiger charge is 2.24. The number of hydrogen-bond acceptors (Lipinski definition) is 4. The topological polar surface area (TPSA) is 108 Å². The Labute approximate surface area is 113 Å². The normalized spacial score (nSPS) is 13.6. The molecule has 0 fully saturated rings. The van der Waals surface area contributed by atoms with E-state index in [9.17, 15) is 14.7 Å². The van der Waals surface area contributed by atoms with Gasteiger partial charge in [-0.2, -0.15) is 0 Å². The molecule has 0 heterocycles. The fourth-order valence-electron chi connectivity index (χ4n) is 1.31. The Hall–Kier alpha value is -1.34. The predicted molar refractivity (Wildman–Crippen MR) is 70.0 cm³/mol. The van der Waals surface area contributed by atoms with Crippen molar-refractivity contribution in [1.29, 1.82) is 0 Å². The fraction of sp³-hybridized carbons (Fsp3) is 0.833. The van der Waals surface area contributed by atoms with Crippen LogP contribution in [0.3, 0.4) is 0 Å². The molecule has 2 unspecified atom stereocenters. The van der Waals surface area contributed by atoms with E-state index in [2.05, 4.69) is 17.6 Å². The van der Waals surface area contributed by atoms with Crippen LogP contribution in [0.1, 0.15) is 33.1 Å². The summed E-state index contributed by atoms with van der Waals surface area (Å²) in [6, 6.07) is -1.91. The Kier molecular flexibility index (Phi) is 9.82. The second kappa shape index (κ2) is 10.6. The number of aliphatic hydroxyl groups excluding tert-OH is 1. The summed E-state index contributed by atoms with van der Waals surface area (Å²) in [4.78, 5) is 22.1. The van der Waals surface area contributed by atoms with Crippen molar-refractivity contribution in [3.63, 3.8) is 0 Å². The maximum Gasteiger partial charge on any atom is 0.328 e. The van der Waals surface area contributed by atoms with Crippen LogP contribution in [0.2, 0.25) is 0 Å². The third kappa shape index (κ3) is 9.26. The zero-order valence-corrected chi connectivity index (χ0v) is 11.5. The van der Waals surface area contributed by atoms with E-state index in [-0.39, 0.29) is 0 Å². The highest BCUT2D eigenvalue weighted by molar-refractivity contribution is 5.82. The number of carboxylic acids is 1. The summed E-state index contributed by atoms with van der Waals surface area (Å²) in [6.07, 6.45) is 1.60. The first kappa shape index (κ1) is 17.7. The molecule has 0 aromatic carbocycles. The summed E-state index contributed by atoms with van der Waals surface area (Å²) in [6.45, 7) is 5.05. The van der Waals surface area contributed by atoms with Crippen LogP contribution in [0, 0.1) is 0 Å². The van der Waals surface area contributed by atoms with Crippen molar-refractivity contribution in [3.05, 3.63) is 0 Å². The average molecular weight is 276 g/mol. The molecular weight excluding hydrogens is 252 g/mol.